The van der Waals surface area contributed by atoms with Gasteiger partial charge in [-0.3, -0.25) is 4.79 Å². The number of hydrogen-bond acceptors (Lipinski definition) is 3. The Balaban J connectivity index is 1.95. The zero-order valence-electron chi connectivity index (χ0n) is 13.2. The lowest BCUT2D eigenvalue weighted by Gasteiger charge is -2.09. The van der Waals surface area contributed by atoms with E-state index >= 15 is 0 Å². The van der Waals surface area contributed by atoms with Crippen LogP contribution in [-0.4, -0.2) is 28.5 Å². The molecule has 0 aliphatic heterocycles. The molecule has 5 nitrogen and oxygen atoms in total. The lowest BCUT2D eigenvalue weighted by Crippen LogP contribution is -2.18. The highest BCUT2D eigenvalue weighted by Crippen LogP contribution is 2.27. The molecule has 23 heavy (non-hydrogen) atoms. The first-order valence-corrected chi connectivity index (χ1v) is 7.60. The molecule has 0 atom stereocenters. The van der Waals surface area contributed by atoms with Crippen LogP contribution >= 0.6 is 0 Å². The molecule has 0 aliphatic carbocycles. The number of nitrogens with zero attached hydrogens (tertiary/aromatic N) is 2. The standard InChI is InChI=1S/C18H19N3O2/c1-3-23-12-17(22)19-15-9-5-4-8-14(15)16-11-21-10-6-7-13(2)18(21)20-16/h4-11H,3,12H2,1-2H3,(H,19,22). The van der Waals surface area contributed by atoms with Crippen molar-refractivity contribution in [3.8, 4) is 11.3 Å². The number of rotatable bonds is 5. The first-order chi connectivity index (χ1) is 11.2. The summed E-state index contributed by atoms with van der Waals surface area (Å²) < 4.78 is 7.13. The second-order valence-electron chi connectivity index (χ2n) is 5.28. The summed E-state index contributed by atoms with van der Waals surface area (Å²) in [4.78, 5) is 16.6. The van der Waals surface area contributed by atoms with Crippen LogP contribution in [0.2, 0.25) is 0 Å². The van der Waals surface area contributed by atoms with Gasteiger partial charge in [-0.1, -0.05) is 24.3 Å². The van der Waals surface area contributed by atoms with Crippen LogP contribution in [0.3, 0.4) is 0 Å². The molecule has 0 radical (unpaired) electrons. The number of ether oxygens (including phenoxy) is 1. The molecule has 1 amide bonds. The van der Waals surface area contributed by atoms with E-state index in [1.165, 1.54) is 0 Å². The number of fused-ring (bicyclic) bond motifs is 1. The molecule has 1 aromatic carbocycles. The van der Waals surface area contributed by atoms with Crippen molar-refractivity contribution in [2.24, 2.45) is 0 Å². The van der Waals surface area contributed by atoms with E-state index in [9.17, 15) is 4.79 Å². The molecule has 2 aromatic heterocycles. The highest BCUT2D eigenvalue weighted by molar-refractivity contribution is 5.95. The second kappa shape index (κ2) is 6.62. The predicted octanol–water partition coefficient (Wildman–Crippen LogP) is 3.28. The third-order valence-corrected chi connectivity index (χ3v) is 3.59. The number of imidazole rings is 1. The first kappa shape index (κ1) is 15.2. The summed E-state index contributed by atoms with van der Waals surface area (Å²) in [6.45, 7) is 4.46. The summed E-state index contributed by atoms with van der Waals surface area (Å²) in [5.41, 5.74) is 4.47. The van der Waals surface area contributed by atoms with Crippen molar-refractivity contribution in [2.45, 2.75) is 13.8 Å². The van der Waals surface area contributed by atoms with E-state index in [0.29, 0.717) is 6.61 Å². The fourth-order valence-corrected chi connectivity index (χ4v) is 2.48. The number of carbonyl (C=O) groups excluding carboxylic acids is 1. The third-order valence-electron chi connectivity index (χ3n) is 3.59. The van der Waals surface area contributed by atoms with Gasteiger partial charge < -0.3 is 14.5 Å². The number of benzene rings is 1. The molecule has 0 fully saturated rings. The van der Waals surface area contributed by atoms with Gasteiger partial charge >= 0.3 is 0 Å². The Bertz CT molecular complexity index is 839. The lowest BCUT2D eigenvalue weighted by atomic mass is 10.1. The van der Waals surface area contributed by atoms with E-state index in [2.05, 4.69) is 5.32 Å². The van der Waals surface area contributed by atoms with Crippen molar-refractivity contribution in [3.63, 3.8) is 0 Å². The maximum atomic E-state index is 11.9. The Labute approximate surface area is 134 Å². The Hall–Kier alpha value is -2.66. The second-order valence-corrected chi connectivity index (χ2v) is 5.28. The van der Waals surface area contributed by atoms with Crippen LogP contribution in [0.25, 0.3) is 16.9 Å². The Morgan fingerprint density at radius 1 is 1.26 bits per heavy atom. The summed E-state index contributed by atoms with van der Waals surface area (Å²) in [7, 11) is 0. The molecular formula is C18H19N3O2. The van der Waals surface area contributed by atoms with Crippen molar-refractivity contribution in [1.82, 2.24) is 9.38 Å². The number of nitrogens with one attached hydrogen (secondary N) is 1. The predicted molar refractivity (Wildman–Crippen MR) is 90.5 cm³/mol. The normalized spacial score (nSPS) is 10.9. The van der Waals surface area contributed by atoms with Crippen LogP contribution in [0.5, 0.6) is 0 Å². The number of aryl methyl sites for hydroxylation is 1. The van der Waals surface area contributed by atoms with Crippen LogP contribution in [0.4, 0.5) is 5.69 Å². The van der Waals surface area contributed by atoms with Crippen LogP contribution in [0.15, 0.2) is 48.8 Å². The van der Waals surface area contributed by atoms with E-state index in [1.54, 1.807) is 0 Å². The lowest BCUT2D eigenvalue weighted by molar-refractivity contribution is -0.120. The van der Waals surface area contributed by atoms with Crippen LogP contribution in [-0.2, 0) is 9.53 Å². The van der Waals surface area contributed by atoms with Gasteiger partial charge in [0, 0.05) is 24.6 Å². The Morgan fingerprint density at radius 2 is 2.09 bits per heavy atom. The maximum absolute atomic E-state index is 11.9. The molecule has 0 spiro atoms. The number of pyridine rings is 1. The number of para-hydroxylation sites is 1. The van der Waals surface area contributed by atoms with Crippen molar-refractivity contribution in [2.75, 3.05) is 18.5 Å². The molecule has 3 rings (SSSR count). The topological polar surface area (TPSA) is 55.6 Å². The van der Waals surface area contributed by atoms with E-state index in [0.717, 1.165) is 28.2 Å². The smallest absolute Gasteiger partial charge is 0.250 e. The minimum atomic E-state index is -0.167. The monoisotopic (exact) mass is 309 g/mol. The molecule has 0 aliphatic rings. The maximum Gasteiger partial charge on any atom is 0.250 e. The number of amides is 1. The summed E-state index contributed by atoms with van der Waals surface area (Å²) >= 11 is 0. The van der Waals surface area contributed by atoms with Crippen LogP contribution in [0.1, 0.15) is 12.5 Å². The van der Waals surface area contributed by atoms with E-state index < -0.39 is 0 Å². The fraction of sp³-hybridized carbons (Fsp3) is 0.222. The van der Waals surface area contributed by atoms with Gasteiger partial charge in [-0.25, -0.2) is 4.98 Å². The molecule has 0 unspecified atom stereocenters. The molecule has 0 bridgehead atoms. The SMILES string of the molecule is CCOCC(=O)Nc1ccccc1-c1cn2cccc(C)c2n1. The fourth-order valence-electron chi connectivity index (χ4n) is 2.48. The summed E-state index contributed by atoms with van der Waals surface area (Å²) in [5, 5.41) is 2.89. The zero-order valence-corrected chi connectivity index (χ0v) is 13.2. The molecule has 1 N–H and O–H groups in total. The molecule has 118 valence electrons. The Morgan fingerprint density at radius 3 is 2.87 bits per heavy atom. The largest absolute Gasteiger partial charge is 0.372 e. The van der Waals surface area contributed by atoms with Gasteiger partial charge in [0.25, 0.3) is 0 Å². The van der Waals surface area contributed by atoms with Crippen LogP contribution < -0.4 is 5.32 Å². The van der Waals surface area contributed by atoms with Crippen molar-refractivity contribution in [3.05, 3.63) is 54.4 Å². The van der Waals surface area contributed by atoms with Gasteiger partial charge in [-0.15, -0.1) is 0 Å². The molecule has 3 aromatic rings. The van der Waals surface area contributed by atoms with E-state index in [-0.39, 0.29) is 12.5 Å². The number of hydrogen-bond donors (Lipinski definition) is 1. The molecule has 2 heterocycles. The molecule has 0 saturated heterocycles. The Kier molecular flexibility index (Phi) is 4.39. The van der Waals surface area contributed by atoms with Crippen LogP contribution in [0, 0.1) is 6.92 Å². The highest BCUT2D eigenvalue weighted by atomic mass is 16.5. The van der Waals surface area contributed by atoms with Crippen molar-refractivity contribution in [1.29, 1.82) is 0 Å². The summed E-state index contributed by atoms with van der Waals surface area (Å²) in [6, 6.07) is 11.7. The van der Waals surface area contributed by atoms with Gasteiger partial charge in [-0.2, -0.15) is 0 Å². The van der Waals surface area contributed by atoms with Gasteiger partial charge in [0.15, 0.2) is 0 Å². The molecule has 0 saturated carbocycles. The quantitative estimate of drug-likeness (QED) is 0.787. The van der Waals surface area contributed by atoms with Crippen molar-refractivity contribution >= 4 is 17.2 Å². The highest BCUT2D eigenvalue weighted by Gasteiger charge is 2.12. The molecule has 5 heteroatoms. The van der Waals surface area contributed by atoms with Gasteiger partial charge in [-0.05, 0) is 31.5 Å². The average Bonchev–Trinajstić information content (AvgIpc) is 2.99. The van der Waals surface area contributed by atoms with Gasteiger partial charge in [0.05, 0.1) is 11.4 Å². The number of aromatic nitrogens is 2. The number of carbonyl (C=O) groups is 1. The zero-order chi connectivity index (χ0) is 16.2. The molecular weight excluding hydrogens is 290 g/mol. The van der Waals surface area contributed by atoms with E-state index in [1.807, 2.05) is 67.0 Å². The summed E-state index contributed by atoms with van der Waals surface area (Å²) in [6.07, 6.45) is 3.94. The third kappa shape index (κ3) is 3.24. The minimum absolute atomic E-state index is 0.0507. The van der Waals surface area contributed by atoms with Crippen molar-refractivity contribution < 1.29 is 9.53 Å². The first-order valence-electron chi connectivity index (χ1n) is 7.60. The average molecular weight is 309 g/mol. The minimum Gasteiger partial charge on any atom is -0.372 e. The van der Waals surface area contributed by atoms with E-state index in [4.69, 9.17) is 9.72 Å². The van der Waals surface area contributed by atoms with Gasteiger partial charge in [0.1, 0.15) is 12.3 Å². The van der Waals surface area contributed by atoms with Gasteiger partial charge in [0.2, 0.25) is 5.91 Å². The number of anilines is 1. The summed E-state index contributed by atoms with van der Waals surface area (Å²) in [5.74, 6) is -0.167.